The van der Waals surface area contributed by atoms with Crippen LogP contribution in [0.1, 0.15) is 54.5 Å². The van der Waals surface area contributed by atoms with Crippen molar-refractivity contribution in [3.8, 4) is 0 Å². The minimum atomic E-state index is 0.115. The SMILES string of the molecule is CC[C@@H](NC(=O)C1CCN(Cc2ccc(C)cc2)CC1)c1ccc(C)cc1. The van der Waals surface area contributed by atoms with Crippen LogP contribution in [-0.2, 0) is 11.3 Å². The Morgan fingerprint density at radius 1 is 1.00 bits per heavy atom. The number of piperidine rings is 1. The van der Waals surface area contributed by atoms with Gasteiger partial charge < -0.3 is 5.32 Å². The van der Waals surface area contributed by atoms with Crippen LogP contribution in [0.4, 0.5) is 0 Å². The van der Waals surface area contributed by atoms with Crippen molar-refractivity contribution in [2.24, 2.45) is 5.92 Å². The highest BCUT2D eigenvalue weighted by Crippen LogP contribution is 2.22. The summed E-state index contributed by atoms with van der Waals surface area (Å²) >= 11 is 0. The van der Waals surface area contributed by atoms with E-state index in [1.54, 1.807) is 0 Å². The van der Waals surface area contributed by atoms with Crippen molar-refractivity contribution in [2.45, 2.75) is 52.6 Å². The summed E-state index contributed by atoms with van der Waals surface area (Å²) in [5.74, 6) is 0.358. The van der Waals surface area contributed by atoms with Gasteiger partial charge in [0.15, 0.2) is 0 Å². The van der Waals surface area contributed by atoms with Crippen molar-refractivity contribution >= 4 is 5.91 Å². The Labute approximate surface area is 163 Å². The number of nitrogens with zero attached hydrogens (tertiary/aromatic N) is 1. The summed E-state index contributed by atoms with van der Waals surface area (Å²) in [6, 6.07) is 17.4. The lowest BCUT2D eigenvalue weighted by atomic mass is 9.94. The maximum atomic E-state index is 12.8. The highest BCUT2D eigenvalue weighted by Gasteiger charge is 2.26. The monoisotopic (exact) mass is 364 g/mol. The fourth-order valence-electron chi connectivity index (χ4n) is 3.81. The molecule has 0 saturated carbocycles. The average molecular weight is 365 g/mol. The minimum Gasteiger partial charge on any atom is -0.349 e. The minimum absolute atomic E-state index is 0.115. The van der Waals surface area contributed by atoms with Gasteiger partial charge in [-0.25, -0.2) is 0 Å². The molecule has 1 saturated heterocycles. The van der Waals surface area contributed by atoms with Crippen LogP contribution in [0.3, 0.4) is 0 Å². The average Bonchev–Trinajstić information content (AvgIpc) is 2.69. The molecule has 1 aliphatic rings. The molecule has 1 heterocycles. The van der Waals surface area contributed by atoms with Gasteiger partial charge in [0.05, 0.1) is 6.04 Å². The summed E-state index contributed by atoms with van der Waals surface area (Å²) in [6.45, 7) is 9.31. The van der Waals surface area contributed by atoms with E-state index in [2.05, 4.69) is 79.5 Å². The molecule has 1 fully saturated rings. The van der Waals surface area contributed by atoms with Crippen LogP contribution in [0, 0.1) is 19.8 Å². The molecular formula is C24H32N2O. The van der Waals surface area contributed by atoms with E-state index < -0.39 is 0 Å². The third kappa shape index (κ3) is 5.43. The Balaban J connectivity index is 1.50. The van der Waals surface area contributed by atoms with E-state index >= 15 is 0 Å². The van der Waals surface area contributed by atoms with Gasteiger partial charge in [-0.1, -0.05) is 66.6 Å². The largest absolute Gasteiger partial charge is 0.349 e. The molecule has 0 bridgehead atoms. The molecule has 27 heavy (non-hydrogen) atoms. The van der Waals surface area contributed by atoms with Gasteiger partial charge in [0.2, 0.25) is 5.91 Å². The van der Waals surface area contributed by atoms with Crippen LogP contribution in [0.2, 0.25) is 0 Å². The third-order valence-corrected chi connectivity index (χ3v) is 5.69. The molecule has 2 aromatic rings. The molecule has 3 nitrogen and oxygen atoms in total. The van der Waals surface area contributed by atoms with Gasteiger partial charge in [-0.3, -0.25) is 9.69 Å². The standard InChI is InChI=1S/C24H32N2O/c1-4-23(21-11-7-19(3)8-12-21)25-24(27)22-13-15-26(16-14-22)17-20-9-5-18(2)6-10-20/h5-12,22-23H,4,13-17H2,1-3H3,(H,25,27)/t23-/m1/s1. The Bertz CT molecular complexity index is 728. The van der Waals surface area contributed by atoms with Crippen molar-refractivity contribution in [3.63, 3.8) is 0 Å². The first-order valence-corrected chi connectivity index (χ1v) is 10.2. The molecule has 3 heteroatoms. The molecule has 1 atom stereocenters. The molecule has 3 rings (SSSR count). The Kier molecular flexibility index (Phi) is 6.68. The second-order valence-electron chi connectivity index (χ2n) is 7.92. The van der Waals surface area contributed by atoms with E-state index in [0.717, 1.165) is 38.9 Å². The number of hydrogen-bond donors (Lipinski definition) is 1. The second-order valence-corrected chi connectivity index (χ2v) is 7.92. The number of carbonyl (C=O) groups is 1. The number of carbonyl (C=O) groups excluding carboxylic acids is 1. The first kappa shape index (κ1) is 19.6. The zero-order valence-electron chi connectivity index (χ0n) is 16.9. The normalized spacial score (nSPS) is 16.9. The van der Waals surface area contributed by atoms with Gasteiger partial charge in [0.1, 0.15) is 0 Å². The predicted molar refractivity (Wildman–Crippen MR) is 112 cm³/mol. The molecule has 1 N–H and O–H groups in total. The number of hydrogen-bond acceptors (Lipinski definition) is 2. The lowest BCUT2D eigenvalue weighted by Crippen LogP contribution is -2.41. The summed E-state index contributed by atoms with van der Waals surface area (Å²) in [7, 11) is 0. The highest BCUT2D eigenvalue weighted by atomic mass is 16.1. The van der Waals surface area contributed by atoms with Crippen LogP contribution in [0.5, 0.6) is 0 Å². The summed E-state index contributed by atoms with van der Waals surface area (Å²) in [6.07, 6.45) is 2.81. The van der Waals surface area contributed by atoms with E-state index in [1.165, 1.54) is 22.3 Å². The zero-order chi connectivity index (χ0) is 19.2. The van der Waals surface area contributed by atoms with Crippen LogP contribution in [-0.4, -0.2) is 23.9 Å². The van der Waals surface area contributed by atoms with E-state index in [4.69, 9.17) is 0 Å². The Morgan fingerprint density at radius 3 is 2.11 bits per heavy atom. The molecule has 1 aliphatic heterocycles. The number of nitrogens with one attached hydrogen (secondary N) is 1. The van der Waals surface area contributed by atoms with Gasteiger partial charge in [-0.2, -0.15) is 0 Å². The second kappa shape index (κ2) is 9.18. The fraction of sp³-hybridized carbons (Fsp3) is 0.458. The van der Waals surface area contributed by atoms with Gasteiger partial charge in [0, 0.05) is 12.5 Å². The molecule has 1 amide bonds. The summed E-state index contributed by atoms with van der Waals surface area (Å²) < 4.78 is 0. The van der Waals surface area contributed by atoms with Crippen molar-refractivity contribution in [1.82, 2.24) is 10.2 Å². The summed E-state index contributed by atoms with van der Waals surface area (Å²) in [4.78, 5) is 15.2. The topological polar surface area (TPSA) is 32.3 Å². The van der Waals surface area contributed by atoms with Crippen molar-refractivity contribution in [2.75, 3.05) is 13.1 Å². The van der Waals surface area contributed by atoms with E-state index in [-0.39, 0.29) is 17.9 Å². The lowest BCUT2D eigenvalue weighted by molar-refractivity contribution is -0.127. The summed E-state index contributed by atoms with van der Waals surface area (Å²) in [5, 5.41) is 3.29. The predicted octanol–water partition coefficient (Wildman–Crippen LogP) is 4.78. The van der Waals surface area contributed by atoms with Gasteiger partial charge in [0.25, 0.3) is 0 Å². The number of benzene rings is 2. The molecule has 2 aromatic carbocycles. The van der Waals surface area contributed by atoms with Crippen LogP contribution >= 0.6 is 0 Å². The molecule has 0 unspecified atom stereocenters. The smallest absolute Gasteiger partial charge is 0.223 e. The number of aryl methyl sites for hydroxylation is 2. The molecule has 0 spiro atoms. The molecule has 0 aromatic heterocycles. The van der Waals surface area contributed by atoms with Crippen LogP contribution in [0.15, 0.2) is 48.5 Å². The third-order valence-electron chi connectivity index (χ3n) is 5.69. The molecular weight excluding hydrogens is 332 g/mol. The maximum Gasteiger partial charge on any atom is 0.223 e. The Hall–Kier alpha value is -2.13. The highest BCUT2D eigenvalue weighted by molar-refractivity contribution is 5.79. The zero-order valence-corrected chi connectivity index (χ0v) is 16.9. The number of likely N-dealkylation sites (tertiary alicyclic amines) is 1. The molecule has 144 valence electrons. The van der Waals surface area contributed by atoms with E-state index in [1.807, 2.05) is 0 Å². The first-order chi connectivity index (χ1) is 13.0. The van der Waals surface area contributed by atoms with Crippen LogP contribution < -0.4 is 5.32 Å². The van der Waals surface area contributed by atoms with Crippen molar-refractivity contribution < 1.29 is 4.79 Å². The van der Waals surface area contributed by atoms with Gasteiger partial charge in [-0.05, 0) is 57.3 Å². The van der Waals surface area contributed by atoms with Crippen molar-refractivity contribution in [3.05, 3.63) is 70.8 Å². The molecule has 0 aliphatic carbocycles. The number of amides is 1. The van der Waals surface area contributed by atoms with E-state index in [9.17, 15) is 4.79 Å². The number of rotatable bonds is 6. The summed E-state index contributed by atoms with van der Waals surface area (Å²) in [5.41, 5.74) is 5.11. The van der Waals surface area contributed by atoms with Gasteiger partial charge >= 0.3 is 0 Å². The molecule has 0 radical (unpaired) electrons. The first-order valence-electron chi connectivity index (χ1n) is 10.2. The van der Waals surface area contributed by atoms with Crippen molar-refractivity contribution in [1.29, 1.82) is 0 Å². The lowest BCUT2D eigenvalue weighted by Gasteiger charge is -2.32. The fourth-order valence-corrected chi connectivity index (χ4v) is 3.81. The van der Waals surface area contributed by atoms with Crippen LogP contribution in [0.25, 0.3) is 0 Å². The Morgan fingerprint density at radius 2 is 1.56 bits per heavy atom. The van der Waals surface area contributed by atoms with Gasteiger partial charge in [-0.15, -0.1) is 0 Å². The quantitative estimate of drug-likeness (QED) is 0.800. The van der Waals surface area contributed by atoms with E-state index in [0.29, 0.717) is 0 Å². The maximum absolute atomic E-state index is 12.8.